The van der Waals surface area contributed by atoms with Crippen molar-refractivity contribution in [1.82, 2.24) is 0 Å². The van der Waals surface area contributed by atoms with Crippen molar-refractivity contribution in [3.05, 3.63) is 77.4 Å². The number of nitriles is 1. The van der Waals surface area contributed by atoms with E-state index < -0.39 is 5.97 Å². The van der Waals surface area contributed by atoms with Crippen LogP contribution in [0.2, 0.25) is 0 Å². The molecule has 0 amide bonds. The van der Waals surface area contributed by atoms with Crippen molar-refractivity contribution >= 4 is 11.5 Å². The summed E-state index contributed by atoms with van der Waals surface area (Å²) in [4.78, 5) is 12.1. The lowest BCUT2D eigenvalue weighted by Gasteiger charge is -2.11. The highest BCUT2D eigenvalue weighted by Crippen LogP contribution is 2.27. The van der Waals surface area contributed by atoms with E-state index in [1.807, 2.05) is 66.7 Å². The van der Waals surface area contributed by atoms with Crippen molar-refractivity contribution in [1.29, 1.82) is 5.26 Å². The minimum absolute atomic E-state index is 0.0225. The van der Waals surface area contributed by atoms with Gasteiger partial charge in [-0.2, -0.15) is 5.26 Å². The number of ether oxygens (including phenoxy) is 1. The van der Waals surface area contributed by atoms with Crippen LogP contribution in [0.1, 0.15) is 57.6 Å². The Morgan fingerprint density at radius 2 is 1.30 bits per heavy atom. The van der Waals surface area contributed by atoms with Gasteiger partial charge in [-0.05, 0) is 18.1 Å². The second-order valence-electron chi connectivity index (χ2n) is 6.02. The first-order valence-electron chi connectivity index (χ1n) is 9.61. The van der Waals surface area contributed by atoms with E-state index in [0.29, 0.717) is 5.57 Å². The molecule has 0 saturated heterocycles. The molecule has 0 aliphatic rings. The van der Waals surface area contributed by atoms with Crippen molar-refractivity contribution in [2.75, 3.05) is 6.61 Å². The van der Waals surface area contributed by atoms with Crippen LogP contribution in [0.5, 0.6) is 0 Å². The van der Waals surface area contributed by atoms with Gasteiger partial charge in [0.2, 0.25) is 0 Å². The number of carbonyl (C=O) groups excluding carboxylic acids is 1. The molecule has 0 fully saturated rings. The smallest absolute Gasteiger partial charge is 0.349 e. The zero-order chi connectivity index (χ0) is 19.9. The van der Waals surface area contributed by atoms with Crippen LogP contribution in [-0.2, 0) is 9.53 Å². The largest absolute Gasteiger partial charge is 0.462 e. The molecule has 0 spiro atoms. The normalized spacial score (nSPS) is 9.41. The van der Waals surface area contributed by atoms with Crippen LogP contribution < -0.4 is 0 Å². The Hall–Kier alpha value is -2.86. The van der Waals surface area contributed by atoms with Gasteiger partial charge in [0.25, 0.3) is 0 Å². The summed E-state index contributed by atoms with van der Waals surface area (Å²) in [5, 5.41) is 9.41. The highest BCUT2D eigenvalue weighted by Gasteiger charge is 2.19. The van der Waals surface area contributed by atoms with Gasteiger partial charge >= 0.3 is 5.97 Å². The minimum atomic E-state index is -0.595. The number of nitrogens with zero attached hydrogens (tertiary/aromatic N) is 1. The maximum Gasteiger partial charge on any atom is 0.349 e. The maximum atomic E-state index is 12.1. The first-order valence-corrected chi connectivity index (χ1v) is 9.61. The molecule has 0 heterocycles. The fourth-order valence-corrected chi connectivity index (χ4v) is 2.57. The SMILES string of the molecule is CCCCCC.CCOC(=O)C(C#N)=C(c1ccccc1)c1ccccc1. The Morgan fingerprint density at radius 1 is 0.852 bits per heavy atom. The van der Waals surface area contributed by atoms with Crippen molar-refractivity contribution in [3.8, 4) is 6.07 Å². The van der Waals surface area contributed by atoms with Crippen LogP contribution in [-0.4, -0.2) is 12.6 Å². The summed E-state index contributed by atoms with van der Waals surface area (Å²) in [6.07, 6.45) is 5.54. The maximum absolute atomic E-state index is 12.1. The van der Waals surface area contributed by atoms with E-state index in [1.165, 1.54) is 25.7 Å². The third-order valence-corrected chi connectivity index (χ3v) is 3.92. The number of hydrogen-bond donors (Lipinski definition) is 0. The number of esters is 1. The molecule has 142 valence electrons. The van der Waals surface area contributed by atoms with Crippen molar-refractivity contribution < 1.29 is 9.53 Å². The highest BCUT2D eigenvalue weighted by molar-refractivity contribution is 6.05. The minimum Gasteiger partial charge on any atom is -0.462 e. The van der Waals surface area contributed by atoms with Gasteiger partial charge in [-0.15, -0.1) is 0 Å². The summed E-state index contributed by atoms with van der Waals surface area (Å²) in [5.41, 5.74) is 2.24. The lowest BCUT2D eigenvalue weighted by Crippen LogP contribution is -2.09. The molecule has 3 heteroatoms. The predicted molar refractivity (Wildman–Crippen MR) is 111 cm³/mol. The van der Waals surface area contributed by atoms with Crippen molar-refractivity contribution in [2.45, 2.75) is 46.5 Å². The summed E-state index contributed by atoms with van der Waals surface area (Å²) >= 11 is 0. The second-order valence-corrected chi connectivity index (χ2v) is 6.02. The van der Waals surface area contributed by atoms with Crippen LogP contribution in [0.15, 0.2) is 66.2 Å². The summed E-state index contributed by atoms with van der Waals surface area (Å²) in [6.45, 7) is 6.42. The molecule has 0 aliphatic heterocycles. The van der Waals surface area contributed by atoms with E-state index in [-0.39, 0.29) is 12.2 Å². The van der Waals surface area contributed by atoms with E-state index in [9.17, 15) is 10.1 Å². The highest BCUT2D eigenvalue weighted by atomic mass is 16.5. The lowest BCUT2D eigenvalue weighted by atomic mass is 9.93. The molecule has 3 nitrogen and oxygen atoms in total. The number of carbonyl (C=O) groups is 1. The molecule has 2 aromatic carbocycles. The van der Waals surface area contributed by atoms with Crippen LogP contribution in [0.25, 0.3) is 5.57 Å². The van der Waals surface area contributed by atoms with Gasteiger partial charge in [-0.25, -0.2) is 4.79 Å². The number of unbranched alkanes of at least 4 members (excludes halogenated alkanes) is 3. The lowest BCUT2D eigenvalue weighted by molar-refractivity contribution is -0.137. The van der Waals surface area contributed by atoms with Crippen molar-refractivity contribution in [2.24, 2.45) is 0 Å². The van der Waals surface area contributed by atoms with E-state index in [2.05, 4.69) is 13.8 Å². The second kappa shape index (κ2) is 13.4. The van der Waals surface area contributed by atoms with Crippen LogP contribution in [0.4, 0.5) is 0 Å². The van der Waals surface area contributed by atoms with Crippen molar-refractivity contribution in [3.63, 3.8) is 0 Å². The van der Waals surface area contributed by atoms with E-state index in [4.69, 9.17) is 4.74 Å². The molecule has 0 saturated carbocycles. The molecule has 0 radical (unpaired) electrons. The van der Waals surface area contributed by atoms with Gasteiger partial charge in [-0.1, -0.05) is 100 Å². The third-order valence-electron chi connectivity index (χ3n) is 3.92. The molecule has 27 heavy (non-hydrogen) atoms. The van der Waals surface area contributed by atoms with Crippen LogP contribution >= 0.6 is 0 Å². The first-order chi connectivity index (χ1) is 13.2. The summed E-state index contributed by atoms with van der Waals surface area (Å²) in [6, 6.07) is 20.8. The number of hydrogen-bond acceptors (Lipinski definition) is 3. The van der Waals surface area contributed by atoms with E-state index >= 15 is 0 Å². The molecule has 0 N–H and O–H groups in total. The van der Waals surface area contributed by atoms with E-state index in [0.717, 1.165) is 11.1 Å². The number of rotatable bonds is 7. The zero-order valence-electron chi connectivity index (χ0n) is 16.6. The Morgan fingerprint density at radius 3 is 1.63 bits per heavy atom. The molecule has 0 aromatic heterocycles. The van der Waals surface area contributed by atoms with Crippen LogP contribution in [0, 0.1) is 11.3 Å². The Labute approximate surface area is 163 Å². The van der Waals surface area contributed by atoms with Gasteiger partial charge in [-0.3, -0.25) is 0 Å². The fraction of sp³-hybridized carbons (Fsp3) is 0.333. The van der Waals surface area contributed by atoms with Gasteiger partial charge in [0.1, 0.15) is 11.6 Å². The van der Waals surface area contributed by atoms with Gasteiger partial charge in [0, 0.05) is 5.57 Å². The van der Waals surface area contributed by atoms with Crippen LogP contribution in [0.3, 0.4) is 0 Å². The summed E-state index contributed by atoms with van der Waals surface area (Å²) in [7, 11) is 0. The average molecular weight is 364 g/mol. The molecule has 0 unspecified atom stereocenters. The molecule has 0 atom stereocenters. The zero-order valence-corrected chi connectivity index (χ0v) is 16.6. The quantitative estimate of drug-likeness (QED) is 0.256. The summed E-state index contributed by atoms with van der Waals surface area (Å²) < 4.78 is 5.00. The first kappa shape index (κ1) is 22.2. The molecule has 2 aromatic rings. The van der Waals surface area contributed by atoms with Gasteiger partial charge < -0.3 is 4.74 Å². The Kier molecular flexibility index (Phi) is 11.0. The molecular weight excluding hydrogens is 334 g/mol. The predicted octanol–water partition coefficient (Wildman–Crippen LogP) is 6.16. The molecule has 0 aliphatic carbocycles. The topological polar surface area (TPSA) is 50.1 Å². The third kappa shape index (κ3) is 7.50. The Bertz CT molecular complexity index is 697. The molecule has 2 rings (SSSR count). The molecule has 0 bridgehead atoms. The fourth-order valence-electron chi connectivity index (χ4n) is 2.57. The average Bonchev–Trinajstić information content (AvgIpc) is 2.72. The monoisotopic (exact) mass is 363 g/mol. The van der Waals surface area contributed by atoms with Gasteiger partial charge in [0.05, 0.1) is 6.61 Å². The van der Waals surface area contributed by atoms with Gasteiger partial charge in [0.15, 0.2) is 0 Å². The van der Waals surface area contributed by atoms with E-state index in [1.54, 1.807) is 6.92 Å². The summed E-state index contributed by atoms with van der Waals surface area (Å²) in [5.74, 6) is -0.595. The molecular formula is C24H29NO2. The number of benzene rings is 2. The Balaban J connectivity index is 0.000000527. The standard InChI is InChI=1S/C18H15NO2.C6H14/c1-2-21-18(20)16(13-19)17(14-9-5-3-6-10-14)15-11-7-4-8-12-15;1-3-5-6-4-2/h3-12H,2H2,1H3;3-6H2,1-2H3.